The summed E-state index contributed by atoms with van der Waals surface area (Å²) in [6.45, 7) is 0. The predicted octanol–water partition coefficient (Wildman–Crippen LogP) is 1.67. The van der Waals surface area contributed by atoms with Gasteiger partial charge >= 0.3 is 0 Å². The number of sulfonamides is 1. The molecule has 2 N–H and O–H groups in total. The molecule has 0 amide bonds. The number of halogens is 1. The molecule has 7 heteroatoms. The van der Waals surface area contributed by atoms with Crippen LogP contribution in [0.3, 0.4) is 0 Å². The van der Waals surface area contributed by atoms with Crippen molar-refractivity contribution in [3.05, 3.63) is 29.6 Å². The first-order valence-electron chi connectivity index (χ1n) is 6.84. The summed E-state index contributed by atoms with van der Waals surface area (Å²) in [5.74, 6) is -0.758. The van der Waals surface area contributed by atoms with Gasteiger partial charge in [-0.3, -0.25) is 0 Å². The first-order valence-corrected chi connectivity index (χ1v) is 8.32. The average Bonchev–Trinajstić information content (AvgIpc) is 2.64. The summed E-state index contributed by atoms with van der Waals surface area (Å²) in [5, 5.41) is 18.7. The zero-order valence-electron chi connectivity index (χ0n) is 11.4. The summed E-state index contributed by atoms with van der Waals surface area (Å²) in [5.41, 5.74) is -0.320. The van der Waals surface area contributed by atoms with Crippen molar-refractivity contribution in [3.8, 4) is 6.07 Å². The standard InChI is InChI=1S/C14H17FN2O3S/c15-12-7-6-11(8-10(12)9-16)21(19,20)17-13-4-2-1-3-5-14(13)18/h6-8,13-14,17-18H,1-5H2. The maximum absolute atomic E-state index is 13.3. The Labute approximate surface area is 123 Å². The van der Waals surface area contributed by atoms with E-state index in [4.69, 9.17) is 5.26 Å². The van der Waals surface area contributed by atoms with Crippen LogP contribution in [0.5, 0.6) is 0 Å². The van der Waals surface area contributed by atoms with E-state index < -0.39 is 28.0 Å². The third-order valence-electron chi connectivity index (χ3n) is 3.65. The Morgan fingerprint density at radius 3 is 2.71 bits per heavy atom. The van der Waals surface area contributed by atoms with Gasteiger partial charge in [-0.2, -0.15) is 5.26 Å². The highest BCUT2D eigenvalue weighted by Crippen LogP contribution is 2.21. The van der Waals surface area contributed by atoms with Gasteiger partial charge in [0.1, 0.15) is 11.9 Å². The zero-order chi connectivity index (χ0) is 15.5. The highest BCUT2D eigenvalue weighted by molar-refractivity contribution is 7.89. The Kier molecular flexibility index (Phi) is 4.93. The summed E-state index contributed by atoms with van der Waals surface area (Å²) in [6.07, 6.45) is 3.07. The van der Waals surface area contributed by atoms with Crippen LogP contribution < -0.4 is 4.72 Å². The van der Waals surface area contributed by atoms with Gasteiger partial charge in [-0.05, 0) is 31.0 Å². The summed E-state index contributed by atoms with van der Waals surface area (Å²) in [7, 11) is -3.89. The molecule has 2 rings (SSSR count). The zero-order valence-corrected chi connectivity index (χ0v) is 12.2. The Morgan fingerprint density at radius 2 is 2.00 bits per heavy atom. The smallest absolute Gasteiger partial charge is 0.240 e. The number of aliphatic hydroxyl groups excluding tert-OH is 1. The lowest BCUT2D eigenvalue weighted by atomic mass is 10.1. The van der Waals surface area contributed by atoms with Gasteiger partial charge < -0.3 is 5.11 Å². The maximum atomic E-state index is 13.3. The third kappa shape index (κ3) is 3.79. The van der Waals surface area contributed by atoms with E-state index in [-0.39, 0.29) is 10.5 Å². The van der Waals surface area contributed by atoms with Gasteiger partial charge in [0.05, 0.1) is 16.6 Å². The van der Waals surface area contributed by atoms with Gasteiger partial charge in [-0.15, -0.1) is 0 Å². The van der Waals surface area contributed by atoms with Crippen LogP contribution in [0.4, 0.5) is 4.39 Å². The second-order valence-corrected chi connectivity index (χ2v) is 6.90. The first kappa shape index (κ1) is 15.9. The molecule has 0 aliphatic heterocycles. The molecular weight excluding hydrogens is 295 g/mol. The SMILES string of the molecule is N#Cc1cc(S(=O)(=O)NC2CCCCCC2O)ccc1F. The quantitative estimate of drug-likeness (QED) is 0.831. The Hall–Kier alpha value is -1.49. The van der Waals surface area contributed by atoms with E-state index in [0.29, 0.717) is 12.8 Å². The van der Waals surface area contributed by atoms with Gasteiger partial charge in [0.2, 0.25) is 10.0 Å². The van der Waals surface area contributed by atoms with Crippen LogP contribution in [0.15, 0.2) is 23.1 Å². The molecule has 21 heavy (non-hydrogen) atoms. The lowest BCUT2D eigenvalue weighted by Gasteiger charge is -2.21. The van der Waals surface area contributed by atoms with Crippen LogP contribution >= 0.6 is 0 Å². The summed E-state index contributed by atoms with van der Waals surface area (Å²) in [6, 6.07) is 4.13. The molecule has 0 aromatic heterocycles. The molecule has 1 aliphatic carbocycles. The molecular formula is C14H17FN2O3S. The van der Waals surface area contributed by atoms with Crippen molar-refractivity contribution in [3.63, 3.8) is 0 Å². The number of hydrogen-bond donors (Lipinski definition) is 2. The molecule has 1 fully saturated rings. The van der Waals surface area contributed by atoms with Crippen molar-refractivity contribution in [1.82, 2.24) is 4.72 Å². The lowest BCUT2D eigenvalue weighted by Crippen LogP contribution is -2.42. The number of hydrogen-bond acceptors (Lipinski definition) is 4. The summed E-state index contributed by atoms with van der Waals surface area (Å²) >= 11 is 0. The van der Waals surface area contributed by atoms with E-state index in [1.807, 2.05) is 0 Å². The normalized spacial score (nSPS) is 23.3. The number of nitriles is 1. The number of nitrogens with one attached hydrogen (secondary N) is 1. The van der Waals surface area contributed by atoms with E-state index in [2.05, 4.69) is 4.72 Å². The van der Waals surface area contributed by atoms with Gasteiger partial charge in [-0.25, -0.2) is 17.5 Å². The topological polar surface area (TPSA) is 90.2 Å². The summed E-state index contributed by atoms with van der Waals surface area (Å²) in [4.78, 5) is -0.170. The molecule has 0 spiro atoms. The number of aliphatic hydroxyl groups is 1. The number of rotatable bonds is 3. The van der Waals surface area contributed by atoms with E-state index in [1.165, 1.54) is 0 Å². The van der Waals surface area contributed by atoms with Crippen LogP contribution in [-0.4, -0.2) is 25.7 Å². The largest absolute Gasteiger partial charge is 0.391 e. The second kappa shape index (κ2) is 6.52. The molecule has 0 saturated heterocycles. The van der Waals surface area contributed by atoms with Gasteiger partial charge in [-0.1, -0.05) is 19.3 Å². The van der Waals surface area contributed by atoms with Gasteiger partial charge in [0.15, 0.2) is 0 Å². The van der Waals surface area contributed by atoms with E-state index in [0.717, 1.165) is 37.5 Å². The van der Waals surface area contributed by atoms with Crippen molar-refractivity contribution >= 4 is 10.0 Å². The molecule has 1 aliphatic rings. The van der Waals surface area contributed by atoms with Crippen molar-refractivity contribution in [2.24, 2.45) is 0 Å². The van der Waals surface area contributed by atoms with Crippen molar-refractivity contribution in [2.75, 3.05) is 0 Å². The maximum Gasteiger partial charge on any atom is 0.240 e. The predicted molar refractivity (Wildman–Crippen MR) is 74.3 cm³/mol. The van der Waals surface area contributed by atoms with E-state index in [1.54, 1.807) is 6.07 Å². The Morgan fingerprint density at radius 1 is 1.29 bits per heavy atom. The van der Waals surface area contributed by atoms with Crippen LogP contribution in [0.2, 0.25) is 0 Å². The highest BCUT2D eigenvalue weighted by Gasteiger charge is 2.27. The number of benzene rings is 1. The van der Waals surface area contributed by atoms with Gasteiger partial charge in [0.25, 0.3) is 0 Å². The Bertz CT molecular complexity index is 655. The molecule has 1 saturated carbocycles. The lowest BCUT2D eigenvalue weighted by molar-refractivity contribution is 0.130. The highest BCUT2D eigenvalue weighted by atomic mass is 32.2. The van der Waals surface area contributed by atoms with Gasteiger partial charge in [0, 0.05) is 6.04 Å². The number of nitrogens with zero attached hydrogens (tertiary/aromatic N) is 1. The third-order valence-corrected chi connectivity index (χ3v) is 5.14. The fourth-order valence-corrected chi connectivity index (χ4v) is 3.78. The molecule has 0 bridgehead atoms. The van der Waals surface area contributed by atoms with Crippen LogP contribution in [0.25, 0.3) is 0 Å². The van der Waals surface area contributed by atoms with E-state index >= 15 is 0 Å². The monoisotopic (exact) mass is 312 g/mol. The molecule has 5 nitrogen and oxygen atoms in total. The Balaban J connectivity index is 2.23. The second-order valence-electron chi connectivity index (χ2n) is 5.19. The van der Waals surface area contributed by atoms with Crippen LogP contribution in [0, 0.1) is 17.1 Å². The summed E-state index contributed by atoms with van der Waals surface area (Å²) < 4.78 is 40.3. The van der Waals surface area contributed by atoms with Crippen LogP contribution in [0.1, 0.15) is 37.7 Å². The van der Waals surface area contributed by atoms with Crippen molar-refractivity contribution in [2.45, 2.75) is 49.1 Å². The van der Waals surface area contributed by atoms with Crippen LogP contribution in [-0.2, 0) is 10.0 Å². The van der Waals surface area contributed by atoms with Crippen molar-refractivity contribution < 1.29 is 17.9 Å². The molecule has 2 unspecified atom stereocenters. The fraction of sp³-hybridized carbons (Fsp3) is 0.500. The van der Waals surface area contributed by atoms with Crippen molar-refractivity contribution in [1.29, 1.82) is 5.26 Å². The molecule has 114 valence electrons. The molecule has 1 aromatic carbocycles. The fourth-order valence-electron chi connectivity index (χ4n) is 2.45. The molecule has 0 radical (unpaired) electrons. The van der Waals surface area contributed by atoms with E-state index in [9.17, 15) is 17.9 Å². The molecule has 2 atom stereocenters. The minimum Gasteiger partial charge on any atom is -0.391 e. The molecule has 0 heterocycles. The average molecular weight is 312 g/mol. The molecule has 1 aromatic rings. The minimum absolute atomic E-state index is 0.170. The first-order chi connectivity index (χ1) is 9.94. The minimum atomic E-state index is -3.89.